The van der Waals surface area contributed by atoms with E-state index in [1.54, 1.807) is 18.4 Å². The number of hydrogen-bond acceptors (Lipinski definition) is 7. The molecule has 6 heterocycles. The van der Waals surface area contributed by atoms with Gasteiger partial charge in [-0.25, -0.2) is 4.98 Å². The lowest BCUT2D eigenvalue weighted by Crippen LogP contribution is -2.70. The van der Waals surface area contributed by atoms with Gasteiger partial charge in [0.2, 0.25) is 5.91 Å². The van der Waals surface area contributed by atoms with Crippen LogP contribution in [0.15, 0.2) is 23.3 Å². The summed E-state index contributed by atoms with van der Waals surface area (Å²) in [6.07, 6.45) is 2.45. The predicted octanol–water partition coefficient (Wildman–Crippen LogP) is 0.0960. The van der Waals surface area contributed by atoms with Crippen LogP contribution in [0.5, 0.6) is 0 Å². The molecule has 3 aliphatic rings. The summed E-state index contributed by atoms with van der Waals surface area (Å²) in [5, 5.41) is 12.8. The van der Waals surface area contributed by atoms with Gasteiger partial charge in [-0.2, -0.15) is 4.52 Å². The van der Waals surface area contributed by atoms with Crippen LogP contribution in [0.2, 0.25) is 0 Å². The number of carbonyl (C=O) groups excluding carboxylic acids is 1. The van der Waals surface area contributed by atoms with Crippen molar-refractivity contribution in [2.24, 2.45) is 0 Å². The molecule has 0 radical (unpaired) electrons. The Morgan fingerprint density at radius 1 is 1.14 bits per heavy atom. The average Bonchev–Trinajstić information content (AvgIpc) is 3.09. The Hall–Kier alpha value is -3.30. The van der Waals surface area contributed by atoms with E-state index in [2.05, 4.69) is 25.2 Å². The minimum atomic E-state index is -0.153. The summed E-state index contributed by atoms with van der Waals surface area (Å²) >= 11 is 0. The molecule has 0 aromatic carbocycles. The normalized spacial score (nSPS) is 20.8. The van der Waals surface area contributed by atoms with E-state index in [0.717, 1.165) is 36.8 Å². The number of rotatable bonds is 3. The summed E-state index contributed by atoms with van der Waals surface area (Å²) in [6.45, 7) is 6.88. The number of aromatic nitrogens is 6. The zero-order chi connectivity index (χ0) is 20.3. The van der Waals surface area contributed by atoms with Crippen molar-refractivity contribution >= 4 is 17.4 Å². The van der Waals surface area contributed by atoms with E-state index >= 15 is 0 Å². The molecule has 3 aromatic heterocycles. The highest BCUT2D eigenvalue weighted by Gasteiger charge is 2.47. The van der Waals surface area contributed by atoms with E-state index in [0.29, 0.717) is 11.3 Å². The third-order valence-corrected chi connectivity index (χ3v) is 6.03. The Kier molecular flexibility index (Phi) is 3.90. The van der Waals surface area contributed by atoms with E-state index in [1.807, 2.05) is 24.0 Å². The summed E-state index contributed by atoms with van der Waals surface area (Å²) < 4.78 is 3.14. The van der Waals surface area contributed by atoms with Gasteiger partial charge in [0.15, 0.2) is 11.5 Å². The number of hydrogen-bond donors (Lipinski definition) is 0. The van der Waals surface area contributed by atoms with Crippen molar-refractivity contribution in [2.45, 2.75) is 45.8 Å². The van der Waals surface area contributed by atoms with Crippen LogP contribution in [-0.2, 0) is 11.3 Å². The van der Waals surface area contributed by atoms with Crippen molar-refractivity contribution in [3.05, 3.63) is 45.9 Å². The monoisotopic (exact) mass is 394 g/mol. The number of piperazine rings is 1. The van der Waals surface area contributed by atoms with E-state index < -0.39 is 0 Å². The second kappa shape index (κ2) is 6.36. The molecule has 150 valence electrons. The quantitative estimate of drug-likeness (QED) is 0.621. The smallest absolute Gasteiger partial charge is 0.256 e. The number of fused-ring (bicyclic) bond motifs is 3. The Bertz CT molecular complexity index is 1170. The first-order chi connectivity index (χ1) is 13.9. The highest BCUT2D eigenvalue weighted by atomic mass is 16.2. The topological polar surface area (TPSA) is 102 Å². The maximum absolute atomic E-state index is 12.9. The number of nitrogens with zero attached hydrogens (tertiary/aromatic N) is 8. The Balaban J connectivity index is 1.31. The second-order valence-corrected chi connectivity index (χ2v) is 7.85. The van der Waals surface area contributed by atoms with Crippen LogP contribution in [-0.4, -0.2) is 65.3 Å². The van der Waals surface area contributed by atoms with Crippen LogP contribution >= 0.6 is 0 Å². The van der Waals surface area contributed by atoms with Gasteiger partial charge in [0.1, 0.15) is 12.4 Å². The maximum Gasteiger partial charge on any atom is 0.256 e. The highest BCUT2D eigenvalue weighted by Crippen LogP contribution is 2.34. The van der Waals surface area contributed by atoms with Gasteiger partial charge in [0.25, 0.3) is 5.56 Å². The zero-order valence-electron chi connectivity index (χ0n) is 16.6. The molecule has 3 fully saturated rings. The molecular formula is C19H22N8O2. The summed E-state index contributed by atoms with van der Waals surface area (Å²) in [5.74, 6) is 1.57. The number of amides is 1. The molecule has 6 rings (SSSR count). The first-order valence-corrected chi connectivity index (χ1v) is 9.70. The van der Waals surface area contributed by atoms with Crippen LogP contribution in [0.1, 0.15) is 23.5 Å². The summed E-state index contributed by atoms with van der Waals surface area (Å²) in [5.41, 5.74) is 1.85. The second-order valence-electron chi connectivity index (χ2n) is 7.85. The van der Waals surface area contributed by atoms with Crippen LogP contribution in [0.25, 0.3) is 5.65 Å². The molecule has 0 N–H and O–H groups in total. The first-order valence-electron chi connectivity index (χ1n) is 9.70. The van der Waals surface area contributed by atoms with Gasteiger partial charge in [-0.05, 0) is 39.3 Å². The molecule has 2 atom stereocenters. The fourth-order valence-corrected chi connectivity index (χ4v) is 4.27. The van der Waals surface area contributed by atoms with E-state index in [4.69, 9.17) is 0 Å². The van der Waals surface area contributed by atoms with Crippen molar-refractivity contribution in [2.75, 3.05) is 18.0 Å². The third kappa shape index (κ3) is 2.78. The van der Waals surface area contributed by atoms with E-state index in [-0.39, 0.29) is 30.1 Å². The molecule has 0 saturated carbocycles. The van der Waals surface area contributed by atoms with Gasteiger partial charge in [0.05, 0.1) is 18.4 Å². The number of piperidine rings is 1. The number of carbonyl (C=O) groups is 1. The summed E-state index contributed by atoms with van der Waals surface area (Å²) in [7, 11) is 0. The molecule has 3 aliphatic heterocycles. The van der Waals surface area contributed by atoms with E-state index in [9.17, 15) is 9.59 Å². The van der Waals surface area contributed by atoms with Crippen molar-refractivity contribution in [1.29, 1.82) is 0 Å². The molecule has 0 spiro atoms. The van der Waals surface area contributed by atoms with Crippen LogP contribution in [0.3, 0.4) is 0 Å². The molecule has 2 unspecified atom stereocenters. The molecule has 10 nitrogen and oxygen atoms in total. The third-order valence-electron chi connectivity index (χ3n) is 6.03. The lowest BCUT2D eigenvalue weighted by Gasteiger charge is -2.56. The zero-order valence-corrected chi connectivity index (χ0v) is 16.6. The van der Waals surface area contributed by atoms with Crippen LogP contribution in [0.4, 0.5) is 5.82 Å². The van der Waals surface area contributed by atoms with Gasteiger partial charge < -0.3 is 9.80 Å². The minimum absolute atomic E-state index is 0.0314. The maximum atomic E-state index is 12.9. The highest BCUT2D eigenvalue weighted by molar-refractivity contribution is 5.78. The van der Waals surface area contributed by atoms with E-state index in [1.165, 1.54) is 10.9 Å². The lowest BCUT2D eigenvalue weighted by atomic mass is 9.87. The standard InChI is InChI=1S/C19H22N8O2/c1-11-12(2)20-10-25(19(11)29)9-18(28)26-14-6-15(26)8-24(7-14)17-5-4-16-22-21-13(3)27(16)23-17/h4-5,10,14-15H,6-9H2,1-3H3. The van der Waals surface area contributed by atoms with Crippen molar-refractivity contribution < 1.29 is 4.79 Å². The summed E-state index contributed by atoms with van der Waals surface area (Å²) in [6, 6.07) is 4.12. The van der Waals surface area contributed by atoms with Gasteiger partial charge in [-0.15, -0.1) is 15.3 Å². The SMILES string of the molecule is Cc1ncn(CC(=O)N2C3CC2CN(c2ccc4nnc(C)n4n2)C3)c(=O)c1C. The fraction of sp³-hybridized carbons (Fsp3) is 0.474. The molecule has 3 saturated heterocycles. The number of anilines is 1. The molecule has 2 bridgehead atoms. The van der Waals surface area contributed by atoms with Crippen molar-refractivity contribution in [1.82, 2.24) is 34.3 Å². The van der Waals surface area contributed by atoms with Crippen LogP contribution in [0, 0.1) is 20.8 Å². The molecule has 1 amide bonds. The van der Waals surface area contributed by atoms with Gasteiger partial charge >= 0.3 is 0 Å². The molecular weight excluding hydrogens is 372 g/mol. The Morgan fingerprint density at radius 2 is 1.90 bits per heavy atom. The number of aryl methyl sites for hydroxylation is 2. The van der Waals surface area contributed by atoms with Crippen molar-refractivity contribution in [3.63, 3.8) is 0 Å². The predicted molar refractivity (Wildman–Crippen MR) is 105 cm³/mol. The van der Waals surface area contributed by atoms with Gasteiger partial charge in [-0.3, -0.25) is 14.2 Å². The molecule has 0 aliphatic carbocycles. The molecule has 3 aromatic rings. The molecule has 29 heavy (non-hydrogen) atoms. The molecule has 10 heteroatoms. The Morgan fingerprint density at radius 3 is 2.66 bits per heavy atom. The van der Waals surface area contributed by atoms with Gasteiger partial charge in [-0.1, -0.05) is 0 Å². The van der Waals surface area contributed by atoms with Gasteiger partial charge in [0, 0.05) is 24.3 Å². The fourth-order valence-electron chi connectivity index (χ4n) is 4.27. The lowest BCUT2D eigenvalue weighted by molar-refractivity contribution is -0.146. The first kappa shape index (κ1) is 17.8. The van der Waals surface area contributed by atoms with Crippen molar-refractivity contribution in [3.8, 4) is 0 Å². The average molecular weight is 394 g/mol. The minimum Gasteiger partial charge on any atom is -0.351 e. The summed E-state index contributed by atoms with van der Waals surface area (Å²) in [4.78, 5) is 33.6. The Labute approximate surface area is 166 Å². The van der Waals surface area contributed by atoms with Crippen LogP contribution < -0.4 is 10.5 Å². The largest absolute Gasteiger partial charge is 0.351 e.